The van der Waals surface area contributed by atoms with Gasteiger partial charge >= 0.3 is 0 Å². The molecule has 3 aromatic rings. The standard InChI is InChI=1S/C14H8ClN3/c15-12-7-4-8-13-17-14(11(9-16)18(12)13)10-5-2-1-3-6-10/h1-8H. The molecule has 0 bridgehead atoms. The molecule has 0 spiro atoms. The first-order chi connectivity index (χ1) is 8.81. The van der Waals surface area contributed by atoms with Gasteiger partial charge in [0.1, 0.15) is 22.6 Å². The van der Waals surface area contributed by atoms with Gasteiger partial charge in [-0.2, -0.15) is 5.26 Å². The number of pyridine rings is 1. The van der Waals surface area contributed by atoms with Gasteiger partial charge in [0.15, 0.2) is 5.69 Å². The van der Waals surface area contributed by atoms with Crippen LogP contribution in [0.25, 0.3) is 16.9 Å². The molecule has 0 fully saturated rings. The number of nitrogens with zero attached hydrogens (tertiary/aromatic N) is 3. The van der Waals surface area contributed by atoms with Crippen LogP contribution in [0.2, 0.25) is 5.15 Å². The fourth-order valence-electron chi connectivity index (χ4n) is 1.95. The van der Waals surface area contributed by atoms with Crippen molar-refractivity contribution in [3.8, 4) is 17.3 Å². The van der Waals surface area contributed by atoms with E-state index in [0.717, 1.165) is 5.56 Å². The monoisotopic (exact) mass is 253 g/mol. The van der Waals surface area contributed by atoms with Gasteiger partial charge in [0.2, 0.25) is 0 Å². The second kappa shape index (κ2) is 4.17. The molecular weight excluding hydrogens is 246 g/mol. The Bertz CT molecular complexity index is 754. The van der Waals surface area contributed by atoms with Crippen LogP contribution in [0.5, 0.6) is 0 Å². The maximum absolute atomic E-state index is 9.32. The average molecular weight is 254 g/mol. The van der Waals surface area contributed by atoms with E-state index in [2.05, 4.69) is 11.1 Å². The summed E-state index contributed by atoms with van der Waals surface area (Å²) < 4.78 is 1.66. The zero-order valence-corrected chi connectivity index (χ0v) is 10.1. The minimum Gasteiger partial charge on any atom is -0.273 e. The summed E-state index contributed by atoms with van der Waals surface area (Å²) in [7, 11) is 0. The van der Waals surface area contributed by atoms with Crippen molar-refractivity contribution in [3.05, 3.63) is 59.4 Å². The van der Waals surface area contributed by atoms with Crippen LogP contribution >= 0.6 is 11.6 Å². The Morgan fingerprint density at radius 2 is 1.83 bits per heavy atom. The van der Waals surface area contributed by atoms with Crippen molar-refractivity contribution < 1.29 is 0 Å². The Morgan fingerprint density at radius 3 is 2.56 bits per heavy atom. The van der Waals surface area contributed by atoms with Crippen molar-refractivity contribution in [1.82, 2.24) is 9.38 Å². The van der Waals surface area contributed by atoms with Crippen molar-refractivity contribution in [1.29, 1.82) is 5.26 Å². The molecule has 1 aromatic carbocycles. The Kier molecular flexibility index (Phi) is 2.51. The molecular formula is C14H8ClN3. The minimum atomic E-state index is 0.460. The van der Waals surface area contributed by atoms with Crippen LogP contribution in [0.15, 0.2) is 48.5 Å². The van der Waals surface area contributed by atoms with Crippen molar-refractivity contribution >= 4 is 17.2 Å². The Labute approximate surface area is 109 Å². The van der Waals surface area contributed by atoms with Crippen molar-refractivity contribution in [3.63, 3.8) is 0 Å². The molecule has 4 heteroatoms. The number of benzene rings is 1. The number of rotatable bonds is 1. The maximum Gasteiger partial charge on any atom is 0.153 e. The quantitative estimate of drug-likeness (QED) is 0.623. The lowest BCUT2D eigenvalue weighted by molar-refractivity contribution is 1.15. The number of fused-ring (bicyclic) bond motifs is 1. The second-order valence-corrected chi connectivity index (χ2v) is 4.22. The van der Waals surface area contributed by atoms with Gasteiger partial charge in [-0.25, -0.2) is 4.98 Å². The first kappa shape index (κ1) is 10.8. The highest BCUT2D eigenvalue weighted by Crippen LogP contribution is 2.26. The Morgan fingerprint density at radius 1 is 1.06 bits per heavy atom. The molecule has 0 amide bonds. The summed E-state index contributed by atoms with van der Waals surface area (Å²) in [5, 5.41) is 9.81. The first-order valence-electron chi connectivity index (χ1n) is 5.44. The molecule has 0 atom stereocenters. The number of halogens is 1. The highest BCUT2D eigenvalue weighted by molar-refractivity contribution is 6.29. The van der Waals surface area contributed by atoms with E-state index in [-0.39, 0.29) is 0 Å². The number of aromatic nitrogens is 2. The normalized spacial score (nSPS) is 10.4. The van der Waals surface area contributed by atoms with Gasteiger partial charge in [-0.05, 0) is 12.1 Å². The Hall–Kier alpha value is -2.31. The minimum absolute atomic E-state index is 0.460. The van der Waals surface area contributed by atoms with E-state index in [9.17, 15) is 5.26 Å². The van der Waals surface area contributed by atoms with Gasteiger partial charge in [0, 0.05) is 5.56 Å². The van der Waals surface area contributed by atoms with E-state index in [1.807, 2.05) is 42.5 Å². The van der Waals surface area contributed by atoms with Crippen LogP contribution in [0, 0.1) is 11.3 Å². The SMILES string of the molecule is N#Cc1c(-c2ccccc2)nc2cccc(Cl)n12. The Balaban J connectivity index is 2.39. The number of hydrogen-bond donors (Lipinski definition) is 0. The van der Waals surface area contributed by atoms with E-state index in [0.29, 0.717) is 22.2 Å². The molecule has 2 aromatic heterocycles. The van der Waals surface area contributed by atoms with Crippen LogP contribution in [0.1, 0.15) is 5.69 Å². The molecule has 0 aliphatic heterocycles. The molecule has 18 heavy (non-hydrogen) atoms. The van der Waals surface area contributed by atoms with Crippen molar-refractivity contribution in [2.24, 2.45) is 0 Å². The highest BCUT2D eigenvalue weighted by Gasteiger charge is 2.14. The van der Waals surface area contributed by atoms with E-state index >= 15 is 0 Å². The third kappa shape index (κ3) is 1.55. The zero-order chi connectivity index (χ0) is 12.5. The number of nitriles is 1. The van der Waals surface area contributed by atoms with Gasteiger partial charge in [-0.15, -0.1) is 0 Å². The summed E-state index contributed by atoms with van der Waals surface area (Å²) in [6, 6.07) is 17.2. The molecule has 86 valence electrons. The molecule has 2 heterocycles. The van der Waals surface area contributed by atoms with Crippen LogP contribution < -0.4 is 0 Å². The van der Waals surface area contributed by atoms with Gasteiger partial charge in [-0.3, -0.25) is 4.40 Å². The summed E-state index contributed by atoms with van der Waals surface area (Å²) >= 11 is 6.11. The third-order valence-electron chi connectivity index (χ3n) is 2.75. The van der Waals surface area contributed by atoms with E-state index in [1.54, 1.807) is 10.5 Å². The molecule has 0 aliphatic rings. The first-order valence-corrected chi connectivity index (χ1v) is 5.81. The van der Waals surface area contributed by atoms with Crippen molar-refractivity contribution in [2.75, 3.05) is 0 Å². The summed E-state index contributed by atoms with van der Waals surface area (Å²) in [6.07, 6.45) is 0. The van der Waals surface area contributed by atoms with E-state index < -0.39 is 0 Å². The maximum atomic E-state index is 9.32. The molecule has 3 nitrogen and oxygen atoms in total. The van der Waals surface area contributed by atoms with E-state index in [4.69, 9.17) is 11.6 Å². The second-order valence-electron chi connectivity index (χ2n) is 3.83. The lowest BCUT2D eigenvalue weighted by Crippen LogP contribution is -1.90. The summed E-state index contributed by atoms with van der Waals surface area (Å²) in [6.45, 7) is 0. The van der Waals surface area contributed by atoms with E-state index in [1.165, 1.54) is 0 Å². The third-order valence-corrected chi connectivity index (χ3v) is 3.04. The summed E-state index contributed by atoms with van der Waals surface area (Å²) in [5.41, 5.74) is 2.71. The fraction of sp³-hybridized carbons (Fsp3) is 0. The van der Waals surface area contributed by atoms with Gasteiger partial charge in [0.05, 0.1) is 0 Å². The molecule has 3 rings (SSSR count). The number of hydrogen-bond acceptors (Lipinski definition) is 2. The number of imidazole rings is 1. The molecule has 0 saturated carbocycles. The van der Waals surface area contributed by atoms with Crippen LogP contribution in [0.4, 0.5) is 0 Å². The highest BCUT2D eigenvalue weighted by atomic mass is 35.5. The van der Waals surface area contributed by atoms with Crippen LogP contribution in [0.3, 0.4) is 0 Å². The van der Waals surface area contributed by atoms with Gasteiger partial charge in [-0.1, -0.05) is 48.0 Å². The van der Waals surface area contributed by atoms with Crippen LogP contribution in [-0.4, -0.2) is 9.38 Å². The summed E-state index contributed by atoms with van der Waals surface area (Å²) in [4.78, 5) is 4.47. The fourth-order valence-corrected chi connectivity index (χ4v) is 2.20. The predicted molar refractivity (Wildman–Crippen MR) is 70.4 cm³/mol. The predicted octanol–water partition coefficient (Wildman–Crippen LogP) is 3.53. The average Bonchev–Trinajstić information content (AvgIpc) is 2.79. The summed E-state index contributed by atoms with van der Waals surface area (Å²) in [5.74, 6) is 0. The largest absolute Gasteiger partial charge is 0.273 e. The molecule has 0 unspecified atom stereocenters. The molecule has 0 radical (unpaired) electrons. The molecule has 0 N–H and O–H groups in total. The smallest absolute Gasteiger partial charge is 0.153 e. The molecule has 0 saturated heterocycles. The van der Waals surface area contributed by atoms with Crippen molar-refractivity contribution in [2.45, 2.75) is 0 Å². The van der Waals surface area contributed by atoms with Gasteiger partial charge < -0.3 is 0 Å². The topological polar surface area (TPSA) is 41.1 Å². The lowest BCUT2D eigenvalue weighted by atomic mass is 10.1. The van der Waals surface area contributed by atoms with Crippen LogP contribution in [-0.2, 0) is 0 Å². The lowest BCUT2D eigenvalue weighted by Gasteiger charge is -1.98. The van der Waals surface area contributed by atoms with Gasteiger partial charge in [0.25, 0.3) is 0 Å². The molecule has 0 aliphatic carbocycles. The zero-order valence-electron chi connectivity index (χ0n) is 9.34.